The molecular weight excluding hydrogens is 320 g/mol. The van der Waals surface area contributed by atoms with Crippen LogP contribution >= 0.6 is 0 Å². The van der Waals surface area contributed by atoms with Crippen molar-refractivity contribution in [2.75, 3.05) is 20.2 Å². The first-order valence-corrected chi connectivity index (χ1v) is 8.39. The maximum Gasteiger partial charge on any atom is 0.289 e. The van der Waals surface area contributed by atoms with E-state index in [1.165, 1.54) is 6.26 Å². The number of benzene rings is 1. The predicted octanol–water partition coefficient (Wildman–Crippen LogP) is 2.46. The van der Waals surface area contributed by atoms with Gasteiger partial charge in [-0.1, -0.05) is 12.1 Å². The number of carbonyl (C=O) groups is 2. The molecule has 25 heavy (non-hydrogen) atoms. The number of ether oxygens (including phenoxy) is 1. The van der Waals surface area contributed by atoms with E-state index in [-0.39, 0.29) is 17.9 Å². The van der Waals surface area contributed by atoms with Gasteiger partial charge in [0, 0.05) is 31.8 Å². The van der Waals surface area contributed by atoms with E-state index in [1.54, 1.807) is 36.3 Å². The molecule has 1 fully saturated rings. The highest BCUT2D eigenvalue weighted by atomic mass is 16.5. The van der Waals surface area contributed by atoms with Gasteiger partial charge >= 0.3 is 0 Å². The number of nitrogens with zero attached hydrogens (tertiary/aromatic N) is 1. The molecule has 6 nitrogen and oxygen atoms in total. The summed E-state index contributed by atoms with van der Waals surface area (Å²) in [5, 5.41) is 3.05. The number of likely N-dealkylation sites (tertiary alicyclic amines) is 1. The number of rotatable bonds is 5. The molecule has 1 aliphatic heterocycles. The van der Waals surface area contributed by atoms with Gasteiger partial charge in [0.25, 0.3) is 11.8 Å². The van der Waals surface area contributed by atoms with Crippen molar-refractivity contribution in [2.45, 2.75) is 25.5 Å². The molecule has 0 saturated carbocycles. The van der Waals surface area contributed by atoms with Crippen molar-refractivity contribution in [3.63, 3.8) is 0 Å². The second-order valence-electron chi connectivity index (χ2n) is 6.15. The molecular formula is C19H22N2O4. The zero-order valence-corrected chi connectivity index (χ0v) is 14.2. The van der Waals surface area contributed by atoms with E-state index < -0.39 is 0 Å². The molecule has 1 aromatic carbocycles. The van der Waals surface area contributed by atoms with Crippen LogP contribution in [0.1, 0.15) is 39.3 Å². The van der Waals surface area contributed by atoms with Crippen LogP contribution in [0.15, 0.2) is 47.1 Å². The Balaban J connectivity index is 1.50. The first kappa shape index (κ1) is 17.2. The number of hydrogen-bond acceptors (Lipinski definition) is 4. The van der Waals surface area contributed by atoms with Crippen molar-refractivity contribution in [2.24, 2.45) is 0 Å². The Bertz CT molecular complexity index is 702. The van der Waals surface area contributed by atoms with Crippen LogP contribution in [0.5, 0.6) is 0 Å². The summed E-state index contributed by atoms with van der Waals surface area (Å²) in [6.45, 7) is 1.75. The summed E-state index contributed by atoms with van der Waals surface area (Å²) in [5.41, 5.74) is 1.66. The first-order valence-electron chi connectivity index (χ1n) is 8.39. The third-order valence-corrected chi connectivity index (χ3v) is 4.38. The third kappa shape index (κ3) is 4.28. The number of piperidine rings is 1. The molecule has 132 valence electrons. The summed E-state index contributed by atoms with van der Waals surface area (Å²) in [6.07, 6.45) is 2.97. The smallest absolute Gasteiger partial charge is 0.289 e. The van der Waals surface area contributed by atoms with Gasteiger partial charge in [0.05, 0.1) is 12.9 Å². The Morgan fingerprint density at radius 3 is 2.52 bits per heavy atom. The van der Waals surface area contributed by atoms with E-state index in [0.29, 0.717) is 31.0 Å². The second kappa shape index (κ2) is 7.98. The van der Waals surface area contributed by atoms with E-state index in [1.807, 2.05) is 12.1 Å². The zero-order chi connectivity index (χ0) is 17.6. The highest BCUT2D eigenvalue weighted by molar-refractivity contribution is 5.94. The van der Waals surface area contributed by atoms with Crippen LogP contribution in [0, 0.1) is 0 Å². The molecule has 0 aliphatic carbocycles. The minimum Gasteiger partial charge on any atom is -0.459 e. The molecule has 6 heteroatoms. The topological polar surface area (TPSA) is 71.8 Å². The predicted molar refractivity (Wildman–Crippen MR) is 92.3 cm³/mol. The minimum absolute atomic E-state index is 0.0757. The van der Waals surface area contributed by atoms with E-state index in [0.717, 1.165) is 18.4 Å². The van der Waals surface area contributed by atoms with Crippen LogP contribution in [0.3, 0.4) is 0 Å². The molecule has 0 spiro atoms. The standard InChI is InChI=1S/C19H22N2O4/c1-24-13-14-4-6-15(7-5-14)18(22)20-16-8-10-21(11-9-16)19(23)17-3-2-12-25-17/h2-7,12,16H,8-11,13H2,1H3,(H,20,22). The van der Waals surface area contributed by atoms with Crippen LogP contribution in [-0.2, 0) is 11.3 Å². The molecule has 1 aliphatic rings. The molecule has 0 unspecified atom stereocenters. The lowest BCUT2D eigenvalue weighted by atomic mass is 10.0. The van der Waals surface area contributed by atoms with Crippen LogP contribution in [0.4, 0.5) is 0 Å². The first-order chi connectivity index (χ1) is 12.2. The number of carbonyl (C=O) groups excluding carboxylic acids is 2. The average molecular weight is 342 g/mol. The number of furan rings is 1. The molecule has 0 bridgehead atoms. The Labute approximate surface area is 146 Å². The molecule has 1 N–H and O–H groups in total. The quantitative estimate of drug-likeness (QED) is 0.906. The third-order valence-electron chi connectivity index (χ3n) is 4.38. The normalized spacial score (nSPS) is 15.2. The van der Waals surface area contributed by atoms with Gasteiger partial charge < -0.3 is 19.4 Å². The number of amides is 2. The molecule has 3 rings (SSSR count). The van der Waals surface area contributed by atoms with Crippen molar-refractivity contribution >= 4 is 11.8 Å². The van der Waals surface area contributed by atoms with Crippen molar-refractivity contribution in [1.29, 1.82) is 0 Å². The Hall–Kier alpha value is -2.60. The summed E-state index contributed by atoms with van der Waals surface area (Å²) in [5.74, 6) is 0.182. The van der Waals surface area contributed by atoms with Crippen molar-refractivity contribution < 1.29 is 18.7 Å². The molecule has 0 radical (unpaired) electrons. The van der Waals surface area contributed by atoms with Crippen LogP contribution in [-0.4, -0.2) is 43.0 Å². The second-order valence-corrected chi connectivity index (χ2v) is 6.15. The van der Waals surface area contributed by atoms with Gasteiger partial charge in [-0.2, -0.15) is 0 Å². The monoisotopic (exact) mass is 342 g/mol. The number of methoxy groups -OCH3 is 1. The maximum atomic E-state index is 12.3. The fraction of sp³-hybridized carbons (Fsp3) is 0.368. The van der Waals surface area contributed by atoms with Crippen LogP contribution in [0.25, 0.3) is 0 Å². The van der Waals surface area contributed by atoms with Crippen molar-refractivity contribution in [1.82, 2.24) is 10.2 Å². The lowest BCUT2D eigenvalue weighted by Gasteiger charge is -2.31. The van der Waals surface area contributed by atoms with E-state index in [9.17, 15) is 9.59 Å². The van der Waals surface area contributed by atoms with Crippen LogP contribution in [0.2, 0.25) is 0 Å². The summed E-state index contributed by atoms with van der Waals surface area (Å²) in [6, 6.07) is 10.8. The fourth-order valence-electron chi connectivity index (χ4n) is 2.97. The summed E-state index contributed by atoms with van der Waals surface area (Å²) >= 11 is 0. The molecule has 2 aromatic rings. The van der Waals surface area contributed by atoms with Gasteiger partial charge in [0.1, 0.15) is 0 Å². The van der Waals surface area contributed by atoms with Gasteiger partial charge in [0.15, 0.2) is 5.76 Å². The lowest BCUT2D eigenvalue weighted by molar-refractivity contribution is 0.0667. The Morgan fingerprint density at radius 2 is 1.92 bits per heavy atom. The largest absolute Gasteiger partial charge is 0.459 e. The lowest BCUT2D eigenvalue weighted by Crippen LogP contribution is -2.46. The number of hydrogen-bond donors (Lipinski definition) is 1. The summed E-state index contributed by atoms with van der Waals surface area (Å²) < 4.78 is 10.2. The minimum atomic E-state index is -0.0940. The zero-order valence-electron chi connectivity index (χ0n) is 14.2. The number of nitrogens with one attached hydrogen (secondary N) is 1. The average Bonchev–Trinajstić information content (AvgIpc) is 3.17. The molecule has 1 saturated heterocycles. The Kier molecular flexibility index (Phi) is 5.50. The van der Waals surface area contributed by atoms with Crippen molar-refractivity contribution in [3.05, 3.63) is 59.5 Å². The SMILES string of the molecule is COCc1ccc(C(=O)NC2CCN(C(=O)c3ccco3)CC2)cc1. The van der Waals surface area contributed by atoms with Gasteiger partial charge in [-0.05, 0) is 42.7 Å². The Morgan fingerprint density at radius 1 is 1.20 bits per heavy atom. The maximum absolute atomic E-state index is 12.3. The van der Waals surface area contributed by atoms with Gasteiger partial charge in [0.2, 0.25) is 0 Å². The molecule has 1 aromatic heterocycles. The molecule has 2 amide bonds. The van der Waals surface area contributed by atoms with Crippen LogP contribution < -0.4 is 5.32 Å². The van der Waals surface area contributed by atoms with E-state index in [2.05, 4.69) is 5.32 Å². The van der Waals surface area contributed by atoms with Gasteiger partial charge in [-0.3, -0.25) is 9.59 Å². The fourth-order valence-corrected chi connectivity index (χ4v) is 2.97. The van der Waals surface area contributed by atoms with Gasteiger partial charge in [-0.25, -0.2) is 0 Å². The van der Waals surface area contributed by atoms with Gasteiger partial charge in [-0.15, -0.1) is 0 Å². The summed E-state index contributed by atoms with van der Waals surface area (Å²) in [4.78, 5) is 26.3. The molecule has 0 atom stereocenters. The highest BCUT2D eigenvalue weighted by Gasteiger charge is 2.26. The van der Waals surface area contributed by atoms with Crippen molar-refractivity contribution in [3.8, 4) is 0 Å². The van der Waals surface area contributed by atoms with E-state index >= 15 is 0 Å². The summed E-state index contributed by atoms with van der Waals surface area (Å²) in [7, 11) is 1.64. The van der Waals surface area contributed by atoms with E-state index in [4.69, 9.17) is 9.15 Å². The highest BCUT2D eigenvalue weighted by Crippen LogP contribution is 2.15. The molecule has 2 heterocycles.